The minimum Gasteiger partial charge on any atom is -0.496 e. The lowest BCUT2D eigenvalue weighted by Gasteiger charge is -2.37. The first-order valence-electron chi connectivity index (χ1n) is 14.3. The number of rotatable bonds is 7. The lowest BCUT2D eigenvalue weighted by atomic mass is 10.0. The first-order valence-corrected chi connectivity index (χ1v) is 14.7. The SMILES string of the molecule is COc1cc(OC)c(-c2cn3ccc(N4CCN(c5nccc(N6CCC(N(C)C(=O)O)CC6)n5)CC4)cc3n2)cc1Cl. The van der Waals surface area contributed by atoms with Gasteiger partial charge in [0.05, 0.1) is 24.9 Å². The number of hydrogen-bond acceptors (Lipinski definition) is 9. The fourth-order valence-electron chi connectivity index (χ4n) is 5.83. The van der Waals surface area contributed by atoms with E-state index in [1.807, 2.05) is 35.1 Å². The number of carbonyl (C=O) groups is 1. The Morgan fingerprint density at radius 2 is 1.67 bits per heavy atom. The van der Waals surface area contributed by atoms with Gasteiger partial charge in [-0.2, -0.15) is 4.98 Å². The van der Waals surface area contributed by atoms with E-state index in [0.717, 1.165) is 86.5 Å². The third kappa shape index (κ3) is 5.79. The van der Waals surface area contributed by atoms with Crippen molar-refractivity contribution in [2.24, 2.45) is 0 Å². The molecule has 3 aromatic heterocycles. The predicted molar refractivity (Wildman–Crippen MR) is 166 cm³/mol. The second-order valence-corrected chi connectivity index (χ2v) is 11.2. The highest BCUT2D eigenvalue weighted by molar-refractivity contribution is 6.32. The summed E-state index contributed by atoms with van der Waals surface area (Å²) in [7, 11) is 4.84. The molecule has 2 fully saturated rings. The molecule has 0 unspecified atom stereocenters. The normalized spacial score (nSPS) is 16.0. The van der Waals surface area contributed by atoms with Crippen molar-refractivity contribution in [3.05, 3.63) is 53.9 Å². The van der Waals surface area contributed by atoms with Crippen molar-refractivity contribution < 1.29 is 19.4 Å². The molecule has 1 N–H and O–H groups in total. The van der Waals surface area contributed by atoms with Crippen molar-refractivity contribution in [1.29, 1.82) is 0 Å². The molecule has 2 saturated heterocycles. The van der Waals surface area contributed by atoms with Crippen molar-refractivity contribution in [3.63, 3.8) is 0 Å². The molecule has 0 radical (unpaired) electrons. The third-order valence-corrected chi connectivity index (χ3v) is 8.68. The molecule has 2 aliphatic rings. The standard InChI is InChI=1S/C30H35ClN8O4/c1-35(30(40)41)20-5-9-37(10-6-20)27-4-8-32-29(34-27)38-14-12-36(13-15-38)21-7-11-39-19-24(33-28(39)16-21)22-17-23(31)26(43-3)18-25(22)42-2/h4,7-8,11,16-20H,5-6,9-10,12-15H2,1-3H3,(H,40,41). The van der Waals surface area contributed by atoms with E-state index in [0.29, 0.717) is 16.5 Å². The summed E-state index contributed by atoms with van der Waals surface area (Å²) in [6.45, 7) is 4.77. The largest absolute Gasteiger partial charge is 0.496 e. The van der Waals surface area contributed by atoms with Gasteiger partial charge in [0.25, 0.3) is 0 Å². The Morgan fingerprint density at radius 1 is 0.953 bits per heavy atom. The van der Waals surface area contributed by atoms with Crippen molar-refractivity contribution in [1.82, 2.24) is 24.3 Å². The van der Waals surface area contributed by atoms with E-state index >= 15 is 0 Å². The Morgan fingerprint density at radius 3 is 2.37 bits per heavy atom. The number of nitrogens with zero attached hydrogens (tertiary/aromatic N) is 8. The molecule has 4 aromatic rings. The highest BCUT2D eigenvalue weighted by Crippen LogP contribution is 2.38. The maximum absolute atomic E-state index is 11.3. The van der Waals surface area contributed by atoms with Crippen LogP contribution in [0.1, 0.15) is 12.8 Å². The summed E-state index contributed by atoms with van der Waals surface area (Å²) in [5.41, 5.74) is 3.50. The van der Waals surface area contributed by atoms with E-state index in [1.54, 1.807) is 27.3 Å². The molecule has 1 amide bonds. The summed E-state index contributed by atoms with van der Waals surface area (Å²) in [6.07, 6.45) is 6.49. The number of piperidine rings is 1. The van der Waals surface area contributed by atoms with Crippen LogP contribution < -0.4 is 24.2 Å². The number of methoxy groups -OCH3 is 2. The quantitative estimate of drug-likeness (QED) is 0.325. The molecule has 43 heavy (non-hydrogen) atoms. The minimum absolute atomic E-state index is 0.0414. The van der Waals surface area contributed by atoms with E-state index in [4.69, 9.17) is 31.0 Å². The summed E-state index contributed by atoms with van der Waals surface area (Å²) in [5.74, 6) is 2.80. The molecule has 0 aliphatic carbocycles. The van der Waals surface area contributed by atoms with Crippen LogP contribution in [0.2, 0.25) is 5.02 Å². The van der Waals surface area contributed by atoms with Crippen LogP contribution in [0.3, 0.4) is 0 Å². The average molecular weight is 607 g/mol. The number of carboxylic acid groups (broad SMARTS) is 1. The highest BCUT2D eigenvalue weighted by Gasteiger charge is 2.27. The summed E-state index contributed by atoms with van der Waals surface area (Å²) in [5, 5.41) is 9.78. The molecule has 6 rings (SSSR count). The summed E-state index contributed by atoms with van der Waals surface area (Å²) >= 11 is 6.41. The minimum atomic E-state index is -0.879. The fraction of sp³-hybridized carbons (Fsp3) is 0.400. The zero-order chi connectivity index (χ0) is 30.1. The Labute approximate surface area is 255 Å². The van der Waals surface area contributed by atoms with Crippen molar-refractivity contribution >= 4 is 40.8 Å². The number of anilines is 3. The number of pyridine rings is 1. The molecule has 0 spiro atoms. The summed E-state index contributed by atoms with van der Waals surface area (Å²) in [6, 6.07) is 9.77. The number of amides is 1. The number of halogens is 1. The van der Waals surface area contributed by atoms with Crippen molar-refractivity contribution in [2.45, 2.75) is 18.9 Å². The Hall–Kier alpha value is -4.45. The number of ether oxygens (including phenoxy) is 2. The number of piperazine rings is 1. The van der Waals surface area contributed by atoms with Gasteiger partial charge in [0, 0.05) is 94.3 Å². The molecule has 0 bridgehead atoms. The molecular weight excluding hydrogens is 572 g/mol. The van der Waals surface area contributed by atoms with Crippen LogP contribution in [0.5, 0.6) is 11.5 Å². The van der Waals surface area contributed by atoms with Gasteiger partial charge < -0.3 is 38.6 Å². The molecule has 0 saturated carbocycles. The van der Waals surface area contributed by atoms with Crippen LogP contribution in [-0.2, 0) is 0 Å². The molecule has 13 heteroatoms. The van der Waals surface area contributed by atoms with Crippen molar-refractivity contribution in [2.75, 3.05) is 75.2 Å². The number of hydrogen-bond donors (Lipinski definition) is 1. The number of imidazole rings is 1. The maximum Gasteiger partial charge on any atom is 0.407 e. The van der Waals surface area contributed by atoms with Gasteiger partial charge in [0.1, 0.15) is 23.0 Å². The molecule has 226 valence electrons. The number of benzene rings is 1. The van der Waals surface area contributed by atoms with Crippen molar-refractivity contribution in [3.8, 4) is 22.8 Å². The first kappa shape index (κ1) is 28.7. The predicted octanol–water partition coefficient (Wildman–Crippen LogP) is 4.37. The van der Waals surface area contributed by atoms with Gasteiger partial charge in [-0.1, -0.05) is 11.6 Å². The summed E-state index contributed by atoms with van der Waals surface area (Å²) in [4.78, 5) is 33.8. The maximum atomic E-state index is 11.3. The second-order valence-electron chi connectivity index (χ2n) is 10.8. The molecular formula is C30H35ClN8O4. The van der Waals surface area contributed by atoms with Gasteiger partial charge >= 0.3 is 6.09 Å². The van der Waals surface area contributed by atoms with Crippen LogP contribution in [0, 0.1) is 0 Å². The van der Waals surface area contributed by atoms with E-state index in [-0.39, 0.29) is 6.04 Å². The third-order valence-electron chi connectivity index (χ3n) is 8.39. The zero-order valence-electron chi connectivity index (χ0n) is 24.5. The van der Waals surface area contributed by atoms with Gasteiger partial charge in [-0.3, -0.25) is 0 Å². The molecule has 5 heterocycles. The van der Waals surface area contributed by atoms with Crippen LogP contribution in [0.25, 0.3) is 16.9 Å². The topological polar surface area (TPSA) is 112 Å². The molecule has 2 aliphatic heterocycles. The Bertz CT molecular complexity index is 1620. The molecule has 1 aromatic carbocycles. The lowest BCUT2D eigenvalue weighted by Crippen LogP contribution is -2.47. The number of aromatic nitrogens is 4. The molecule has 12 nitrogen and oxygen atoms in total. The van der Waals surface area contributed by atoms with E-state index in [2.05, 4.69) is 31.8 Å². The first-order chi connectivity index (χ1) is 20.8. The van der Waals surface area contributed by atoms with Crippen LogP contribution in [0.4, 0.5) is 22.2 Å². The highest BCUT2D eigenvalue weighted by atomic mass is 35.5. The molecule has 0 atom stereocenters. The van der Waals surface area contributed by atoms with Gasteiger partial charge in [-0.05, 0) is 31.0 Å². The van der Waals surface area contributed by atoms with Crippen LogP contribution in [-0.4, -0.2) is 102 Å². The van der Waals surface area contributed by atoms with Gasteiger partial charge in [-0.25, -0.2) is 14.8 Å². The monoisotopic (exact) mass is 606 g/mol. The average Bonchev–Trinajstić information content (AvgIpc) is 3.48. The second kappa shape index (κ2) is 12.0. The number of fused-ring (bicyclic) bond motifs is 1. The van der Waals surface area contributed by atoms with E-state index < -0.39 is 6.09 Å². The summed E-state index contributed by atoms with van der Waals surface area (Å²) < 4.78 is 12.9. The fourth-order valence-corrected chi connectivity index (χ4v) is 6.07. The van der Waals surface area contributed by atoms with Gasteiger partial charge in [-0.15, -0.1) is 0 Å². The van der Waals surface area contributed by atoms with E-state index in [1.165, 1.54) is 4.90 Å². The van der Waals surface area contributed by atoms with Gasteiger partial charge in [0.15, 0.2) is 0 Å². The Balaban J connectivity index is 1.11. The Kier molecular flexibility index (Phi) is 8.02. The smallest absolute Gasteiger partial charge is 0.407 e. The van der Waals surface area contributed by atoms with Gasteiger partial charge in [0.2, 0.25) is 5.95 Å². The van der Waals surface area contributed by atoms with Crippen LogP contribution >= 0.6 is 11.6 Å². The van der Waals surface area contributed by atoms with Crippen LogP contribution in [0.15, 0.2) is 48.9 Å². The zero-order valence-corrected chi connectivity index (χ0v) is 25.2. The van der Waals surface area contributed by atoms with E-state index in [9.17, 15) is 9.90 Å². The lowest BCUT2D eigenvalue weighted by molar-refractivity contribution is 0.131.